The second kappa shape index (κ2) is 13.5. The van der Waals surface area contributed by atoms with Gasteiger partial charge in [0.15, 0.2) is 0 Å². The molecule has 0 radical (unpaired) electrons. The monoisotopic (exact) mass is 810 g/mol. The number of nitrogens with zero attached hydrogens (tertiary/aromatic N) is 2. The van der Waals surface area contributed by atoms with Crippen LogP contribution in [0.3, 0.4) is 0 Å². The average molecular weight is 811 g/mol. The summed E-state index contributed by atoms with van der Waals surface area (Å²) >= 11 is 0. The number of fused-ring (bicyclic) bond motifs is 3. The highest BCUT2D eigenvalue weighted by Crippen LogP contribution is 2.45. The lowest BCUT2D eigenvalue weighted by atomic mass is 9.89. The summed E-state index contributed by atoms with van der Waals surface area (Å²) in [5.74, 6) is 0. The Morgan fingerprint density at radius 1 is 0.266 bits per heavy atom. The molecule has 0 aliphatic heterocycles. The first kappa shape index (κ1) is 35.2. The SMILES string of the molecule is c1ccc(N(c2ccccc2)c2ccc(-n3c4ccc(-c5ccc6ccc7cccc8ccc5c6c78)cc4c4cc(-c5ccc6ccc7cccc8ccc5c6c78)ccc43)cc2)cc1. The van der Waals surface area contributed by atoms with E-state index in [9.17, 15) is 0 Å². The summed E-state index contributed by atoms with van der Waals surface area (Å²) in [5, 5.41) is 18.1. The highest BCUT2D eigenvalue weighted by Gasteiger charge is 2.20. The molecule has 0 saturated heterocycles. The third kappa shape index (κ3) is 5.14. The summed E-state index contributed by atoms with van der Waals surface area (Å²) in [5.41, 5.74) is 11.8. The molecular formula is C62H38N2. The van der Waals surface area contributed by atoms with E-state index >= 15 is 0 Å². The zero-order valence-corrected chi connectivity index (χ0v) is 34.8. The summed E-state index contributed by atoms with van der Waals surface area (Å²) in [6, 6.07) is 85.4. The minimum atomic E-state index is 1.11. The van der Waals surface area contributed by atoms with Gasteiger partial charge < -0.3 is 9.47 Å². The summed E-state index contributed by atoms with van der Waals surface area (Å²) < 4.78 is 2.45. The van der Waals surface area contributed by atoms with Crippen LogP contribution in [-0.4, -0.2) is 4.57 Å². The van der Waals surface area contributed by atoms with Gasteiger partial charge in [-0.05, 0) is 160 Å². The molecule has 0 aliphatic rings. The smallest absolute Gasteiger partial charge is 0.0541 e. The number of benzene rings is 13. The molecule has 2 heteroatoms. The van der Waals surface area contributed by atoms with E-state index in [1.165, 1.54) is 109 Å². The molecule has 0 bridgehead atoms. The molecule has 0 fully saturated rings. The number of hydrogen-bond acceptors (Lipinski definition) is 1. The van der Waals surface area contributed by atoms with E-state index in [-0.39, 0.29) is 0 Å². The lowest BCUT2D eigenvalue weighted by molar-refractivity contribution is 1.17. The maximum atomic E-state index is 2.45. The third-order valence-electron chi connectivity index (χ3n) is 13.8. The fraction of sp³-hybridized carbons (Fsp3) is 0. The van der Waals surface area contributed by atoms with Gasteiger partial charge in [0.1, 0.15) is 0 Å². The molecule has 14 aromatic rings. The fourth-order valence-corrected chi connectivity index (χ4v) is 11.0. The quantitative estimate of drug-likeness (QED) is 0.152. The van der Waals surface area contributed by atoms with Gasteiger partial charge in [-0.2, -0.15) is 0 Å². The van der Waals surface area contributed by atoms with Crippen molar-refractivity contribution in [3.8, 4) is 27.9 Å². The first-order chi connectivity index (χ1) is 31.7. The van der Waals surface area contributed by atoms with Crippen LogP contribution in [0.2, 0.25) is 0 Å². The molecule has 2 nitrogen and oxygen atoms in total. The molecule has 13 aromatic carbocycles. The number of rotatable bonds is 6. The summed E-state index contributed by atoms with van der Waals surface area (Å²) in [6.07, 6.45) is 0. The molecule has 0 aliphatic carbocycles. The van der Waals surface area contributed by atoms with Gasteiger partial charge in [0.25, 0.3) is 0 Å². The van der Waals surface area contributed by atoms with Crippen LogP contribution in [0.15, 0.2) is 231 Å². The normalized spacial score (nSPS) is 12.1. The van der Waals surface area contributed by atoms with Crippen molar-refractivity contribution in [3.05, 3.63) is 231 Å². The number of aromatic nitrogens is 1. The second-order valence-corrected chi connectivity index (χ2v) is 17.3. The number of para-hydroxylation sites is 2. The van der Waals surface area contributed by atoms with E-state index < -0.39 is 0 Å². The molecule has 64 heavy (non-hydrogen) atoms. The van der Waals surface area contributed by atoms with Gasteiger partial charge in [0, 0.05) is 33.5 Å². The highest BCUT2D eigenvalue weighted by atomic mass is 15.1. The van der Waals surface area contributed by atoms with E-state index in [0.29, 0.717) is 0 Å². The van der Waals surface area contributed by atoms with Gasteiger partial charge in [-0.15, -0.1) is 0 Å². The minimum absolute atomic E-state index is 1.11. The van der Waals surface area contributed by atoms with Crippen molar-refractivity contribution in [2.45, 2.75) is 0 Å². The van der Waals surface area contributed by atoms with Crippen LogP contribution >= 0.6 is 0 Å². The van der Waals surface area contributed by atoms with Crippen LogP contribution in [0.4, 0.5) is 17.1 Å². The maximum absolute atomic E-state index is 2.45. The van der Waals surface area contributed by atoms with E-state index in [1.807, 2.05) is 0 Å². The molecule has 0 unspecified atom stereocenters. The van der Waals surface area contributed by atoms with Crippen LogP contribution in [0.25, 0.3) is 114 Å². The Morgan fingerprint density at radius 2 is 0.656 bits per heavy atom. The summed E-state index contributed by atoms with van der Waals surface area (Å²) in [4.78, 5) is 2.32. The van der Waals surface area contributed by atoms with Gasteiger partial charge in [-0.25, -0.2) is 0 Å². The standard InChI is InChI=1S/C62H38N2/c1-3-13-47(14-4-1)63(48-15-5-2-6-16-48)49-27-29-50(30-28-49)64-57-35-25-45(51-31-21-43-19-17-39-9-7-11-41-23-33-53(51)61(43)59(39)41)37-55(57)56-38-46(26-36-58(56)64)52-32-22-44-20-18-40-10-8-12-42-24-34-54(52)62(44)60(40)42/h1-38H. The fourth-order valence-electron chi connectivity index (χ4n) is 11.0. The van der Waals surface area contributed by atoms with Gasteiger partial charge in [0.05, 0.1) is 11.0 Å². The minimum Gasteiger partial charge on any atom is -0.311 e. The van der Waals surface area contributed by atoms with Gasteiger partial charge in [0.2, 0.25) is 0 Å². The van der Waals surface area contributed by atoms with Crippen molar-refractivity contribution in [2.75, 3.05) is 4.90 Å². The van der Waals surface area contributed by atoms with E-state index in [1.54, 1.807) is 0 Å². The van der Waals surface area contributed by atoms with Gasteiger partial charge in [-0.3, -0.25) is 0 Å². The summed E-state index contributed by atoms with van der Waals surface area (Å²) in [7, 11) is 0. The third-order valence-corrected chi connectivity index (χ3v) is 13.8. The molecule has 0 atom stereocenters. The molecule has 14 rings (SSSR count). The maximum Gasteiger partial charge on any atom is 0.0541 e. The van der Waals surface area contributed by atoms with E-state index in [4.69, 9.17) is 0 Å². The zero-order chi connectivity index (χ0) is 41.9. The predicted octanol–water partition coefficient (Wildman–Crippen LogP) is 17.4. The lowest BCUT2D eigenvalue weighted by Crippen LogP contribution is -2.09. The van der Waals surface area contributed by atoms with E-state index in [0.717, 1.165) is 22.7 Å². The Labute approximate surface area is 369 Å². The zero-order valence-electron chi connectivity index (χ0n) is 34.8. The topological polar surface area (TPSA) is 8.17 Å². The van der Waals surface area contributed by atoms with Crippen LogP contribution in [0.1, 0.15) is 0 Å². The van der Waals surface area contributed by atoms with Crippen LogP contribution in [0, 0.1) is 0 Å². The van der Waals surface area contributed by atoms with Crippen LogP contribution < -0.4 is 4.90 Å². The van der Waals surface area contributed by atoms with Crippen molar-refractivity contribution in [2.24, 2.45) is 0 Å². The van der Waals surface area contributed by atoms with Crippen molar-refractivity contribution in [3.63, 3.8) is 0 Å². The molecule has 1 heterocycles. The summed E-state index contributed by atoms with van der Waals surface area (Å²) in [6.45, 7) is 0. The van der Waals surface area contributed by atoms with Crippen LogP contribution in [0.5, 0.6) is 0 Å². The second-order valence-electron chi connectivity index (χ2n) is 17.3. The first-order valence-electron chi connectivity index (χ1n) is 22.2. The Kier molecular flexibility index (Phi) is 7.43. The van der Waals surface area contributed by atoms with Crippen molar-refractivity contribution >= 4 is 104 Å². The predicted molar refractivity (Wildman–Crippen MR) is 274 cm³/mol. The molecule has 0 amide bonds. The van der Waals surface area contributed by atoms with Gasteiger partial charge >= 0.3 is 0 Å². The Balaban J connectivity index is 0.989. The Hall–Kier alpha value is -8.46. The molecule has 0 N–H and O–H groups in total. The van der Waals surface area contributed by atoms with Crippen LogP contribution in [-0.2, 0) is 0 Å². The highest BCUT2D eigenvalue weighted by molar-refractivity contribution is 6.27. The molecule has 0 saturated carbocycles. The van der Waals surface area contributed by atoms with Crippen molar-refractivity contribution < 1.29 is 0 Å². The largest absolute Gasteiger partial charge is 0.311 e. The molecule has 296 valence electrons. The lowest BCUT2D eigenvalue weighted by Gasteiger charge is -2.25. The number of hydrogen-bond donors (Lipinski definition) is 0. The molecule has 1 aromatic heterocycles. The Bertz CT molecular complexity index is 3830. The number of anilines is 3. The molecular weight excluding hydrogens is 773 g/mol. The molecule has 0 spiro atoms. The van der Waals surface area contributed by atoms with Crippen molar-refractivity contribution in [1.82, 2.24) is 4.57 Å². The van der Waals surface area contributed by atoms with E-state index in [2.05, 4.69) is 240 Å². The first-order valence-corrected chi connectivity index (χ1v) is 22.2. The average Bonchev–Trinajstić information content (AvgIpc) is 3.68. The Morgan fingerprint density at radius 3 is 1.11 bits per heavy atom. The van der Waals surface area contributed by atoms with Gasteiger partial charge in [-0.1, -0.05) is 158 Å². The van der Waals surface area contributed by atoms with Crippen molar-refractivity contribution in [1.29, 1.82) is 0 Å².